The van der Waals surface area contributed by atoms with Crippen LogP contribution >= 0.6 is 0 Å². The summed E-state index contributed by atoms with van der Waals surface area (Å²) < 4.78 is 84.8. The molecule has 0 atom stereocenters. The number of methoxy groups -OCH3 is 4. The van der Waals surface area contributed by atoms with Crippen molar-refractivity contribution in [2.75, 3.05) is 54.9 Å². The molecule has 26 heteroatoms. The van der Waals surface area contributed by atoms with Crippen LogP contribution in [0.15, 0.2) is 0 Å². The molecule has 0 N–H and O–H groups in total. The maximum atomic E-state index is 12.6. The first-order valence-electron chi connectivity index (χ1n) is 27.5. The third-order valence-electron chi connectivity index (χ3n) is 6.16. The molecule has 0 aromatic carbocycles. The summed E-state index contributed by atoms with van der Waals surface area (Å²) in [6.45, 7) is 68.4. The molecule has 0 rings (SSSR count). The van der Waals surface area contributed by atoms with Gasteiger partial charge in [0.1, 0.15) is 0 Å². The minimum absolute atomic E-state index is 0. The second kappa shape index (κ2) is 40.7. The summed E-state index contributed by atoms with van der Waals surface area (Å²) in [5.74, 6) is 0. The van der Waals surface area contributed by atoms with Gasteiger partial charge < -0.3 is 91.2 Å². The van der Waals surface area contributed by atoms with Crippen molar-refractivity contribution in [3.8, 4) is 0 Å². The molecule has 0 aliphatic heterocycles. The van der Waals surface area contributed by atoms with Gasteiger partial charge in [0.15, 0.2) is 0 Å². The Hall–Kier alpha value is 2.74. The quantitative estimate of drug-likeness (QED) is 0.0916. The third kappa shape index (κ3) is 84.8. The first-order chi connectivity index (χ1) is 34.3. The van der Waals surface area contributed by atoms with Gasteiger partial charge in [-0.05, 0) is 249 Å². The minimum Gasteiger partial charge on any atom is -0.793 e. The first kappa shape index (κ1) is 101. The molecule has 0 aromatic heterocycles. The van der Waals surface area contributed by atoms with Gasteiger partial charge in [-0.25, -0.2) is 0 Å². The molecule has 0 saturated carbocycles. The molecule has 0 aromatic rings. The molecule has 82 heavy (non-hydrogen) atoms. The van der Waals surface area contributed by atoms with E-state index in [9.17, 15) is 19.2 Å². The van der Waals surface area contributed by atoms with Crippen LogP contribution in [0.3, 0.4) is 0 Å². The van der Waals surface area contributed by atoms with E-state index in [2.05, 4.69) is 18.9 Å². The maximum Gasteiger partial charge on any atom is 0.414 e. The molecule has 0 bridgehead atoms. The summed E-state index contributed by atoms with van der Waals surface area (Å²) in [6.07, 6.45) is 0. The molecule has 0 fully saturated rings. The number of ether oxygens (including phenoxy) is 4. The number of rotatable bonds is 18. The van der Waals surface area contributed by atoms with E-state index in [1.165, 1.54) is 0 Å². The van der Waals surface area contributed by atoms with Gasteiger partial charge in [0.05, 0.1) is 93.6 Å². The maximum absolute atomic E-state index is 12.6. The fourth-order valence-corrected chi connectivity index (χ4v) is 14.6. The van der Waals surface area contributed by atoms with Crippen molar-refractivity contribution < 1.29 is 172 Å². The van der Waals surface area contributed by atoms with Gasteiger partial charge in [-0.15, -0.1) is 0 Å². The van der Waals surface area contributed by atoms with Gasteiger partial charge in [-0.3, -0.25) is 0 Å². The number of hydrogen-bond acceptors (Lipinski definition) is 20. The van der Waals surface area contributed by atoms with Crippen LogP contribution in [-0.2, 0) is 72.1 Å². The molecule has 0 aliphatic rings. The first-order valence-corrected chi connectivity index (χ1v) is 34.0. The van der Waals surface area contributed by atoms with Crippen molar-refractivity contribution in [3.63, 3.8) is 0 Å². The summed E-state index contributed by atoms with van der Waals surface area (Å²) in [5.41, 5.74) is -6.95. The predicted octanol–water partition coefficient (Wildman–Crippen LogP) is 9.47. The fourth-order valence-electron chi connectivity index (χ4n) is 5.08. The summed E-state index contributed by atoms with van der Waals surface area (Å²) in [4.78, 5) is 50.5. The third-order valence-corrected chi connectivity index (χ3v) is 16.5. The molecule has 0 aliphatic carbocycles. The van der Waals surface area contributed by atoms with Crippen molar-refractivity contribution in [2.45, 2.75) is 316 Å². The zero-order valence-electron chi connectivity index (χ0n) is 59.8. The summed E-state index contributed by atoms with van der Waals surface area (Å²) >= 11 is 0. The van der Waals surface area contributed by atoms with Gasteiger partial charge in [-0.1, -0.05) is 0 Å². The molecule has 0 spiro atoms. The van der Waals surface area contributed by atoms with E-state index in [1.807, 2.05) is 249 Å². The topological polar surface area (TPSA) is 240 Å². The van der Waals surface area contributed by atoms with Crippen molar-refractivity contribution in [1.29, 1.82) is 0 Å². The molecular formula is C56H128O20Si4Sm2-4. The van der Waals surface area contributed by atoms with Crippen LogP contribution in [0.25, 0.3) is 0 Å². The second-order valence-corrected chi connectivity index (χ2v) is 37.0. The van der Waals surface area contributed by atoms with Crippen LogP contribution in [0.4, 0.5) is 0 Å². The Labute approximate surface area is 574 Å². The van der Waals surface area contributed by atoms with Crippen LogP contribution in [0.2, 0.25) is 0 Å². The summed E-state index contributed by atoms with van der Waals surface area (Å²) in [6, 6.07) is 0. The average molecular weight is 1530 g/mol. The van der Waals surface area contributed by atoms with Crippen molar-refractivity contribution >= 4 is 36.2 Å². The zero-order chi connectivity index (χ0) is 66.1. The molecule has 0 saturated heterocycles. The van der Waals surface area contributed by atoms with E-state index in [1.54, 1.807) is 28.4 Å². The molecule has 504 valence electrons. The summed E-state index contributed by atoms with van der Waals surface area (Å²) in [5, 5.41) is 0. The Kier molecular flexibility index (Phi) is 50.0. The largest absolute Gasteiger partial charge is 0.793 e. The standard InChI is InChI=1S/4C12H27O4Si.2C4H10O2.2Sm/c4*1-10(2,3)14-17(13,15-11(4,5)6)16-12(7,8)9;2*1-5-3-4-6-2;;/h4*1-9H3;2*3-4H2,1-2H3;;/q4*-1;;;;. The Bertz CT molecular complexity index is 1170. The van der Waals surface area contributed by atoms with Gasteiger partial charge >= 0.3 is 36.2 Å². The predicted molar refractivity (Wildman–Crippen MR) is 321 cm³/mol. The van der Waals surface area contributed by atoms with Crippen LogP contribution in [0, 0.1) is 80.8 Å². The Morgan fingerprint density at radius 3 is 0.280 bits per heavy atom. The van der Waals surface area contributed by atoms with Gasteiger partial charge in [0, 0.05) is 109 Å². The van der Waals surface area contributed by atoms with E-state index < -0.39 is 103 Å². The second-order valence-electron chi connectivity index (χ2n) is 30.5. The van der Waals surface area contributed by atoms with Gasteiger partial charge in [-0.2, -0.15) is 0 Å². The number of hydrogen-bond donors (Lipinski definition) is 0. The summed E-state index contributed by atoms with van der Waals surface area (Å²) in [7, 11) is -9.02. The van der Waals surface area contributed by atoms with E-state index in [4.69, 9.17) is 53.1 Å². The molecule has 0 unspecified atom stereocenters. The Morgan fingerprint density at radius 2 is 0.244 bits per heavy atom. The van der Waals surface area contributed by atoms with E-state index in [-0.39, 0.29) is 80.8 Å². The van der Waals surface area contributed by atoms with Crippen molar-refractivity contribution in [1.82, 2.24) is 0 Å². The zero-order valence-corrected chi connectivity index (χ0v) is 69.0. The van der Waals surface area contributed by atoms with Crippen LogP contribution in [0.1, 0.15) is 249 Å². The smallest absolute Gasteiger partial charge is 0.414 e. The van der Waals surface area contributed by atoms with Crippen LogP contribution in [-0.4, -0.2) is 158 Å². The van der Waals surface area contributed by atoms with Crippen LogP contribution < -0.4 is 19.2 Å². The average Bonchev–Trinajstić information content (AvgIpc) is 2.99. The van der Waals surface area contributed by atoms with E-state index in [0.717, 1.165) is 0 Å². The normalized spacial score (nSPS) is 13.9. The van der Waals surface area contributed by atoms with Crippen molar-refractivity contribution in [3.05, 3.63) is 0 Å². The van der Waals surface area contributed by atoms with Crippen LogP contribution in [0.5, 0.6) is 0 Å². The molecular weight excluding hydrogens is 1410 g/mol. The van der Waals surface area contributed by atoms with Crippen molar-refractivity contribution in [2.24, 2.45) is 0 Å². The molecule has 20 nitrogen and oxygen atoms in total. The minimum atomic E-state index is -3.91. The molecule has 0 heterocycles. The Balaban J connectivity index is -0.000000138. The van der Waals surface area contributed by atoms with Gasteiger partial charge in [0.2, 0.25) is 0 Å². The monoisotopic (exact) mass is 1540 g/mol. The van der Waals surface area contributed by atoms with Gasteiger partial charge in [0.25, 0.3) is 0 Å². The molecule has 0 radical (unpaired) electrons. The molecule has 0 amide bonds. The Morgan fingerprint density at radius 1 is 0.183 bits per heavy atom. The van der Waals surface area contributed by atoms with E-state index in [0.29, 0.717) is 26.4 Å². The SMILES string of the molecule is CC(C)(C)O[Si]([O-])(OC(C)(C)C)OC(C)(C)C.CC(C)(C)O[Si]([O-])(OC(C)(C)C)OC(C)(C)C.CC(C)(C)O[Si]([O-])(OC(C)(C)C)OC(C)(C)C.CC(C)(C)O[Si]([O-])(OC(C)(C)C)OC(C)(C)C.COCCOC.COCCOC.[Sm].[Sm]. The van der Waals surface area contributed by atoms with E-state index >= 15 is 0 Å². The fraction of sp³-hybridized carbons (Fsp3) is 1.00.